The summed E-state index contributed by atoms with van der Waals surface area (Å²) in [4.78, 5) is 19.8. The van der Waals surface area contributed by atoms with Gasteiger partial charge in [0, 0.05) is 6.42 Å². The Hall–Kier alpha value is -0.320. The molecule has 0 aliphatic rings. The number of hydrogen-bond donors (Lipinski definition) is 2. The molecule has 0 spiro atoms. The fourth-order valence-corrected chi connectivity index (χ4v) is 2.65. The van der Waals surface area contributed by atoms with Crippen molar-refractivity contribution >= 4 is 41.4 Å². The van der Waals surface area contributed by atoms with Crippen LogP contribution in [0, 0.1) is 0 Å². The van der Waals surface area contributed by atoms with Gasteiger partial charge in [0.15, 0.2) is 0 Å². The van der Waals surface area contributed by atoms with E-state index in [-0.39, 0.29) is 29.6 Å². The molecule has 0 heterocycles. The van der Waals surface area contributed by atoms with Crippen LogP contribution < -0.4 is 5.73 Å². The van der Waals surface area contributed by atoms with E-state index in [1.54, 1.807) is 0 Å². The summed E-state index contributed by atoms with van der Waals surface area (Å²) in [6.07, 6.45) is 21.3. The van der Waals surface area contributed by atoms with E-state index in [4.69, 9.17) is 5.11 Å². The fraction of sp³-hybridized carbons (Fsp3) is 0.810. The van der Waals surface area contributed by atoms with Crippen LogP contribution in [-0.4, -0.2) is 46.5 Å². The van der Waals surface area contributed by atoms with Gasteiger partial charge in [-0.1, -0.05) is 103 Å². The van der Waals surface area contributed by atoms with Gasteiger partial charge in [-0.15, -0.1) is 0 Å². The Morgan fingerprint density at radius 1 is 0.769 bits per heavy atom. The van der Waals surface area contributed by atoms with E-state index < -0.39 is 11.9 Å². The average molecular weight is 380 g/mol. The third-order valence-electron chi connectivity index (χ3n) is 4.20. The van der Waals surface area contributed by atoms with Gasteiger partial charge in [0.05, 0.1) is 0 Å². The first-order valence-electron chi connectivity index (χ1n) is 10.2. The van der Waals surface area contributed by atoms with Crippen molar-refractivity contribution in [1.82, 2.24) is 0 Å². The molecule has 4 nitrogen and oxygen atoms in total. The maximum absolute atomic E-state index is 10.3. The molecule has 0 rings (SSSR count). The minimum absolute atomic E-state index is 0. The van der Waals surface area contributed by atoms with Crippen LogP contribution in [0.3, 0.4) is 0 Å². The summed E-state index contributed by atoms with van der Waals surface area (Å²) in [5.41, 5.74) is 4.53. The van der Waals surface area contributed by atoms with E-state index in [2.05, 4.69) is 19.2 Å². The Bertz CT molecular complexity index is 322. The second kappa shape index (κ2) is 26.9. The van der Waals surface area contributed by atoms with E-state index >= 15 is 0 Å². The number of amides is 1. The predicted molar refractivity (Wildman–Crippen MR) is 114 cm³/mol. The summed E-state index contributed by atoms with van der Waals surface area (Å²) in [6.45, 7) is 5.36. The molecule has 1 amide bonds. The first kappa shape index (κ1) is 30.4. The zero-order valence-corrected chi connectivity index (χ0v) is 16.4. The summed E-state index contributed by atoms with van der Waals surface area (Å²) in [6, 6.07) is 0. The zero-order chi connectivity index (χ0) is 19.2. The Kier molecular flexibility index (Phi) is 31.5. The number of carbonyl (C=O) groups is 2. The molecule has 0 saturated carbocycles. The van der Waals surface area contributed by atoms with Crippen molar-refractivity contribution in [2.24, 2.45) is 5.73 Å². The van der Waals surface area contributed by atoms with Gasteiger partial charge in [0.25, 0.3) is 0 Å². The van der Waals surface area contributed by atoms with Crippen molar-refractivity contribution in [3.05, 3.63) is 12.7 Å². The van der Waals surface area contributed by atoms with Gasteiger partial charge in [0.2, 0.25) is 5.91 Å². The van der Waals surface area contributed by atoms with Gasteiger partial charge in [0.1, 0.15) is 0 Å². The first-order valence-corrected chi connectivity index (χ1v) is 10.2. The van der Waals surface area contributed by atoms with Crippen LogP contribution in [0.2, 0.25) is 0 Å². The van der Waals surface area contributed by atoms with Crippen LogP contribution in [-0.2, 0) is 9.59 Å². The first-order chi connectivity index (χ1) is 12.0. The number of unbranched alkanes of at least 4 members (excludes halogenated alkanes) is 14. The SMILES string of the molecule is C=CC(N)=O.CCCCCCCCCCCCCCCCCC(=O)O.[NaH]. The van der Waals surface area contributed by atoms with E-state index in [9.17, 15) is 9.59 Å². The molecule has 0 aromatic heterocycles. The standard InChI is InChI=1S/C18H36O2.C3H5NO.Na.H/c1-2-3-4-5-6-7-8-9-10-11-12-13-14-15-16-17-18(19)20;1-2-3(4)5;;/h2-17H2,1H3,(H,19,20);2H,1H2,(H2,4,5);;. The number of nitrogens with two attached hydrogens (primary N) is 1. The van der Waals surface area contributed by atoms with Gasteiger partial charge >= 0.3 is 35.5 Å². The molecule has 0 bridgehead atoms. The molecule has 0 unspecified atom stereocenters. The summed E-state index contributed by atoms with van der Waals surface area (Å²) in [5.74, 6) is -1.13. The minimum atomic E-state index is -0.653. The van der Waals surface area contributed by atoms with Crippen molar-refractivity contribution in [1.29, 1.82) is 0 Å². The van der Waals surface area contributed by atoms with Gasteiger partial charge in [-0.3, -0.25) is 9.59 Å². The number of carboxylic acids is 1. The van der Waals surface area contributed by atoms with Crippen molar-refractivity contribution in [3.63, 3.8) is 0 Å². The van der Waals surface area contributed by atoms with E-state index in [1.165, 1.54) is 83.5 Å². The molecule has 26 heavy (non-hydrogen) atoms. The second-order valence-electron chi connectivity index (χ2n) is 6.70. The van der Waals surface area contributed by atoms with E-state index in [0.717, 1.165) is 18.9 Å². The molecule has 0 aromatic carbocycles. The van der Waals surface area contributed by atoms with Gasteiger partial charge in [-0.25, -0.2) is 0 Å². The van der Waals surface area contributed by atoms with Crippen molar-refractivity contribution in [2.45, 2.75) is 110 Å². The molecule has 3 N–H and O–H groups in total. The number of hydrogen-bond acceptors (Lipinski definition) is 2. The van der Waals surface area contributed by atoms with Crippen LogP contribution in [0.25, 0.3) is 0 Å². The van der Waals surface area contributed by atoms with E-state index in [0.29, 0.717) is 6.42 Å². The number of aliphatic carboxylic acids is 1. The van der Waals surface area contributed by atoms with Crippen LogP contribution in [0.1, 0.15) is 110 Å². The third-order valence-corrected chi connectivity index (χ3v) is 4.20. The molecular weight excluding hydrogens is 337 g/mol. The average Bonchev–Trinajstić information content (AvgIpc) is 2.58. The van der Waals surface area contributed by atoms with Gasteiger partial charge < -0.3 is 10.8 Å². The molecule has 0 radical (unpaired) electrons. The Balaban J connectivity index is -0.000000772. The number of carbonyl (C=O) groups excluding carboxylic acids is 1. The summed E-state index contributed by atoms with van der Waals surface area (Å²) in [7, 11) is 0. The molecule has 0 saturated heterocycles. The molecule has 0 aliphatic carbocycles. The number of primary amides is 1. The van der Waals surface area contributed by atoms with Crippen LogP contribution >= 0.6 is 0 Å². The molecule has 5 heteroatoms. The normalized spacial score (nSPS) is 9.58. The predicted octanol–water partition coefficient (Wildman–Crippen LogP) is 5.34. The summed E-state index contributed by atoms with van der Waals surface area (Å²) < 4.78 is 0. The third kappa shape index (κ3) is 34.9. The molecule has 0 aliphatic heterocycles. The Morgan fingerprint density at radius 3 is 1.27 bits per heavy atom. The molecule has 0 aromatic rings. The maximum atomic E-state index is 10.3. The monoisotopic (exact) mass is 379 g/mol. The second-order valence-corrected chi connectivity index (χ2v) is 6.70. The van der Waals surface area contributed by atoms with Gasteiger partial charge in [-0.05, 0) is 12.5 Å². The van der Waals surface area contributed by atoms with Crippen molar-refractivity contribution in [2.75, 3.05) is 0 Å². The molecule has 150 valence electrons. The van der Waals surface area contributed by atoms with Crippen molar-refractivity contribution < 1.29 is 14.7 Å². The zero-order valence-electron chi connectivity index (χ0n) is 16.4. The van der Waals surface area contributed by atoms with Crippen molar-refractivity contribution in [3.8, 4) is 0 Å². The van der Waals surface area contributed by atoms with E-state index in [1.807, 2.05) is 0 Å². The molecular formula is C21H42NNaO3. The van der Waals surface area contributed by atoms with Crippen LogP contribution in [0.15, 0.2) is 12.7 Å². The van der Waals surface area contributed by atoms with Crippen LogP contribution in [0.4, 0.5) is 0 Å². The summed E-state index contributed by atoms with van der Waals surface area (Å²) in [5, 5.41) is 8.52. The number of rotatable bonds is 17. The Morgan fingerprint density at radius 2 is 1.04 bits per heavy atom. The number of carboxylic acid groups (broad SMARTS) is 1. The van der Waals surface area contributed by atoms with Gasteiger partial charge in [-0.2, -0.15) is 0 Å². The Labute approximate surface area is 183 Å². The molecule has 0 atom stereocenters. The molecule has 0 fully saturated rings. The topological polar surface area (TPSA) is 80.4 Å². The fourth-order valence-electron chi connectivity index (χ4n) is 2.65. The quantitative estimate of drug-likeness (QED) is 0.203. The van der Waals surface area contributed by atoms with Crippen LogP contribution in [0.5, 0.6) is 0 Å². The summed E-state index contributed by atoms with van der Waals surface area (Å²) >= 11 is 0.